The lowest BCUT2D eigenvalue weighted by atomic mass is 10.2. The normalized spacial score (nSPS) is 12.4. The van der Waals surface area contributed by atoms with E-state index < -0.39 is 6.10 Å². The lowest BCUT2D eigenvalue weighted by molar-refractivity contribution is -0.383. The van der Waals surface area contributed by atoms with Crippen molar-refractivity contribution in [1.29, 1.82) is 0 Å². The van der Waals surface area contributed by atoms with Crippen LogP contribution in [0.5, 0.6) is 0 Å². The summed E-state index contributed by atoms with van der Waals surface area (Å²) >= 11 is 1.30. The second-order valence-corrected chi connectivity index (χ2v) is 5.46. The fraction of sp³-hybridized carbons (Fsp3) is 0.667. The Hall–Kier alpha value is -1.14. The van der Waals surface area contributed by atoms with Gasteiger partial charge < -0.3 is 10.0 Å². The highest BCUT2D eigenvalue weighted by Gasteiger charge is 2.23. The van der Waals surface area contributed by atoms with Gasteiger partial charge in [0.05, 0.1) is 11.0 Å². The molecule has 0 aliphatic rings. The van der Waals surface area contributed by atoms with Crippen molar-refractivity contribution in [3.63, 3.8) is 0 Å². The second-order valence-electron chi connectivity index (χ2n) is 4.40. The first kappa shape index (κ1) is 14.9. The predicted octanol–water partition coefficient (Wildman–Crippen LogP) is 3.34. The van der Waals surface area contributed by atoms with Gasteiger partial charge in [0, 0.05) is 24.5 Å². The van der Waals surface area contributed by atoms with Crippen molar-refractivity contribution in [1.82, 2.24) is 0 Å². The Balaban J connectivity index is 2.88. The molecular formula is C12H20N2O3S. The third kappa shape index (κ3) is 3.68. The molecule has 0 unspecified atom stereocenters. The zero-order valence-electron chi connectivity index (χ0n) is 11.0. The third-order valence-electron chi connectivity index (χ3n) is 2.76. The minimum Gasteiger partial charge on any atom is -0.388 e. The minimum atomic E-state index is -0.661. The first-order valence-corrected chi connectivity index (χ1v) is 6.96. The number of aliphatic hydroxyl groups is 1. The average molecular weight is 272 g/mol. The molecule has 102 valence electrons. The van der Waals surface area contributed by atoms with Crippen LogP contribution in [0.4, 0.5) is 10.7 Å². The van der Waals surface area contributed by atoms with Gasteiger partial charge in [0.1, 0.15) is 0 Å². The van der Waals surface area contributed by atoms with E-state index in [0.717, 1.165) is 25.8 Å². The SMILES string of the molecule is CCCCCN(C)c1sc([C@H](C)O)cc1[N+](=O)[O-]. The number of anilines is 1. The van der Waals surface area contributed by atoms with E-state index in [4.69, 9.17) is 0 Å². The van der Waals surface area contributed by atoms with Gasteiger partial charge in [0.15, 0.2) is 5.00 Å². The molecule has 0 radical (unpaired) electrons. The van der Waals surface area contributed by atoms with E-state index in [1.54, 1.807) is 6.92 Å². The van der Waals surface area contributed by atoms with Crippen LogP contribution < -0.4 is 4.90 Å². The van der Waals surface area contributed by atoms with E-state index in [0.29, 0.717) is 9.88 Å². The van der Waals surface area contributed by atoms with Gasteiger partial charge in [-0.2, -0.15) is 0 Å². The summed E-state index contributed by atoms with van der Waals surface area (Å²) in [6.45, 7) is 4.55. The smallest absolute Gasteiger partial charge is 0.304 e. The molecule has 0 bridgehead atoms. The molecule has 1 aromatic heterocycles. The van der Waals surface area contributed by atoms with Crippen molar-refractivity contribution in [2.75, 3.05) is 18.5 Å². The Morgan fingerprint density at radius 1 is 1.56 bits per heavy atom. The summed E-state index contributed by atoms with van der Waals surface area (Å²) < 4.78 is 0. The number of unbranched alkanes of at least 4 members (excludes halogenated alkanes) is 2. The van der Waals surface area contributed by atoms with Crippen LogP contribution in [-0.4, -0.2) is 23.6 Å². The molecule has 0 aliphatic heterocycles. The molecule has 0 amide bonds. The molecular weight excluding hydrogens is 252 g/mol. The molecule has 1 N–H and O–H groups in total. The quantitative estimate of drug-likeness (QED) is 0.469. The number of aliphatic hydroxyl groups excluding tert-OH is 1. The summed E-state index contributed by atoms with van der Waals surface area (Å²) in [6, 6.07) is 1.47. The van der Waals surface area contributed by atoms with Gasteiger partial charge in [-0.1, -0.05) is 19.8 Å². The number of hydrogen-bond acceptors (Lipinski definition) is 5. The third-order valence-corrected chi connectivity index (χ3v) is 4.17. The molecule has 0 aliphatic carbocycles. The van der Waals surface area contributed by atoms with Crippen LogP contribution in [0, 0.1) is 10.1 Å². The number of thiophene rings is 1. The summed E-state index contributed by atoms with van der Waals surface area (Å²) in [5.74, 6) is 0. The van der Waals surface area contributed by atoms with Crippen LogP contribution in [0.15, 0.2) is 6.07 Å². The Morgan fingerprint density at radius 2 is 2.22 bits per heavy atom. The van der Waals surface area contributed by atoms with Gasteiger partial charge in [-0.3, -0.25) is 10.1 Å². The molecule has 1 atom stereocenters. The lowest BCUT2D eigenvalue weighted by Crippen LogP contribution is -2.18. The fourth-order valence-corrected chi connectivity index (χ4v) is 2.75. The van der Waals surface area contributed by atoms with Crippen LogP contribution >= 0.6 is 11.3 Å². The van der Waals surface area contributed by atoms with Crippen LogP contribution in [0.2, 0.25) is 0 Å². The highest BCUT2D eigenvalue weighted by molar-refractivity contribution is 7.16. The van der Waals surface area contributed by atoms with Crippen LogP contribution in [0.3, 0.4) is 0 Å². The second kappa shape index (κ2) is 6.70. The summed E-state index contributed by atoms with van der Waals surface area (Å²) in [6.07, 6.45) is 2.60. The van der Waals surface area contributed by atoms with E-state index in [1.165, 1.54) is 17.4 Å². The van der Waals surface area contributed by atoms with Gasteiger partial charge in [0.2, 0.25) is 0 Å². The first-order valence-electron chi connectivity index (χ1n) is 6.14. The lowest BCUT2D eigenvalue weighted by Gasteiger charge is -2.16. The molecule has 0 aromatic carbocycles. The summed E-state index contributed by atoms with van der Waals surface area (Å²) in [4.78, 5) is 13.2. The van der Waals surface area contributed by atoms with E-state index in [1.807, 2.05) is 11.9 Å². The molecule has 0 saturated carbocycles. The molecule has 1 heterocycles. The number of nitro groups is 1. The number of nitrogens with zero attached hydrogens (tertiary/aromatic N) is 2. The van der Waals surface area contributed by atoms with Crippen molar-refractivity contribution in [2.45, 2.75) is 39.2 Å². The van der Waals surface area contributed by atoms with Crippen molar-refractivity contribution < 1.29 is 10.0 Å². The maximum atomic E-state index is 11.0. The van der Waals surface area contributed by atoms with Crippen LogP contribution in [0.1, 0.15) is 44.1 Å². The van der Waals surface area contributed by atoms with Crippen molar-refractivity contribution in [3.05, 3.63) is 21.1 Å². The summed E-state index contributed by atoms with van der Waals surface area (Å²) in [5, 5.41) is 21.1. The van der Waals surface area contributed by atoms with E-state index in [9.17, 15) is 15.2 Å². The zero-order chi connectivity index (χ0) is 13.7. The first-order chi connectivity index (χ1) is 8.47. The number of hydrogen-bond donors (Lipinski definition) is 1. The van der Waals surface area contributed by atoms with E-state index in [2.05, 4.69) is 6.92 Å². The largest absolute Gasteiger partial charge is 0.388 e. The summed E-state index contributed by atoms with van der Waals surface area (Å²) in [5.41, 5.74) is 0.0925. The molecule has 18 heavy (non-hydrogen) atoms. The van der Waals surface area contributed by atoms with E-state index >= 15 is 0 Å². The Labute approximate surface area is 111 Å². The summed E-state index contributed by atoms with van der Waals surface area (Å²) in [7, 11) is 1.86. The van der Waals surface area contributed by atoms with Crippen molar-refractivity contribution >= 4 is 22.0 Å². The van der Waals surface area contributed by atoms with Gasteiger partial charge >= 0.3 is 5.69 Å². The van der Waals surface area contributed by atoms with Crippen LogP contribution in [-0.2, 0) is 0 Å². The minimum absolute atomic E-state index is 0.0925. The topological polar surface area (TPSA) is 66.6 Å². The fourth-order valence-electron chi connectivity index (χ4n) is 1.70. The van der Waals surface area contributed by atoms with Gasteiger partial charge in [-0.25, -0.2) is 0 Å². The average Bonchev–Trinajstić information content (AvgIpc) is 2.74. The van der Waals surface area contributed by atoms with Gasteiger partial charge in [0.25, 0.3) is 0 Å². The Morgan fingerprint density at radius 3 is 2.72 bits per heavy atom. The highest BCUT2D eigenvalue weighted by Crippen LogP contribution is 2.39. The predicted molar refractivity (Wildman–Crippen MR) is 74.4 cm³/mol. The molecule has 0 fully saturated rings. The number of rotatable bonds is 7. The van der Waals surface area contributed by atoms with Gasteiger partial charge in [-0.05, 0) is 13.3 Å². The zero-order valence-corrected chi connectivity index (χ0v) is 11.9. The maximum Gasteiger partial charge on any atom is 0.304 e. The molecule has 5 nitrogen and oxygen atoms in total. The van der Waals surface area contributed by atoms with Crippen LogP contribution in [0.25, 0.3) is 0 Å². The molecule has 1 aromatic rings. The van der Waals surface area contributed by atoms with Crippen molar-refractivity contribution in [2.24, 2.45) is 0 Å². The van der Waals surface area contributed by atoms with Crippen molar-refractivity contribution in [3.8, 4) is 0 Å². The molecule has 0 saturated heterocycles. The Kier molecular flexibility index (Phi) is 5.55. The van der Waals surface area contributed by atoms with Gasteiger partial charge in [-0.15, -0.1) is 11.3 Å². The molecule has 0 spiro atoms. The molecule has 1 rings (SSSR count). The Bertz CT molecular complexity index is 404. The standard InChI is InChI=1S/C12H20N2O3S/c1-4-5-6-7-13(3)12-10(14(16)17)8-11(18-12)9(2)15/h8-9,15H,4-7H2,1-3H3/t9-/m0/s1. The highest BCUT2D eigenvalue weighted by atomic mass is 32.1. The maximum absolute atomic E-state index is 11.0. The van der Waals surface area contributed by atoms with E-state index in [-0.39, 0.29) is 10.6 Å². The molecule has 6 heteroatoms. The monoisotopic (exact) mass is 272 g/mol.